The summed E-state index contributed by atoms with van der Waals surface area (Å²) >= 11 is 11.9. The lowest BCUT2D eigenvalue weighted by Crippen LogP contribution is -2.28. The van der Waals surface area contributed by atoms with Crippen molar-refractivity contribution in [3.63, 3.8) is 0 Å². The van der Waals surface area contributed by atoms with Crippen molar-refractivity contribution in [3.05, 3.63) is 57.6 Å². The lowest BCUT2D eigenvalue weighted by atomic mass is 10.1. The van der Waals surface area contributed by atoms with Gasteiger partial charge in [-0.1, -0.05) is 35.3 Å². The Kier molecular flexibility index (Phi) is 5.17. The molecule has 1 N–H and O–H groups in total. The van der Waals surface area contributed by atoms with E-state index in [1.165, 1.54) is 0 Å². The van der Waals surface area contributed by atoms with Crippen molar-refractivity contribution in [1.29, 1.82) is 0 Å². The van der Waals surface area contributed by atoms with Crippen LogP contribution in [0, 0.1) is 0 Å². The molecular weight excluding hydrogens is 349 g/mol. The van der Waals surface area contributed by atoms with Crippen molar-refractivity contribution in [2.75, 3.05) is 13.2 Å². The van der Waals surface area contributed by atoms with Crippen LogP contribution >= 0.6 is 23.2 Å². The second-order valence-electron chi connectivity index (χ2n) is 5.62. The quantitative estimate of drug-likeness (QED) is 0.883. The first-order chi connectivity index (χ1) is 11.5. The summed E-state index contributed by atoms with van der Waals surface area (Å²) < 4.78 is 11.1. The van der Waals surface area contributed by atoms with E-state index in [-0.39, 0.29) is 18.4 Å². The molecule has 6 heteroatoms. The Morgan fingerprint density at radius 3 is 2.58 bits per heavy atom. The summed E-state index contributed by atoms with van der Waals surface area (Å²) in [5.74, 6) is 1.36. The van der Waals surface area contributed by atoms with Gasteiger partial charge in [0.25, 0.3) is 0 Å². The van der Waals surface area contributed by atoms with Gasteiger partial charge in [0.05, 0.1) is 22.5 Å². The van der Waals surface area contributed by atoms with Gasteiger partial charge in [-0.05, 0) is 42.3 Å². The fourth-order valence-electron chi connectivity index (χ4n) is 2.54. The standard InChI is InChI=1S/C18H17Cl2NO3/c1-11(13-3-5-16-17(10-13)24-7-6-23-16)21-18(22)9-12-2-4-14(19)15(20)8-12/h2-5,8,10-11H,6-7,9H2,1H3,(H,21,22). The van der Waals surface area contributed by atoms with Crippen LogP contribution in [0.5, 0.6) is 11.5 Å². The number of halogens is 2. The Labute approximate surface area is 150 Å². The zero-order valence-corrected chi connectivity index (χ0v) is 14.7. The average molecular weight is 366 g/mol. The molecule has 0 spiro atoms. The van der Waals surface area contributed by atoms with Gasteiger partial charge in [0.1, 0.15) is 13.2 Å². The van der Waals surface area contributed by atoms with E-state index in [9.17, 15) is 4.79 Å². The summed E-state index contributed by atoms with van der Waals surface area (Å²) in [4.78, 5) is 12.2. The molecule has 1 aliphatic heterocycles. The molecule has 2 aromatic rings. The number of amides is 1. The fraction of sp³-hybridized carbons (Fsp3) is 0.278. The summed E-state index contributed by atoms with van der Waals surface area (Å²) in [6, 6.07) is 10.7. The third-order valence-electron chi connectivity index (χ3n) is 3.79. The smallest absolute Gasteiger partial charge is 0.224 e. The molecule has 0 fully saturated rings. The zero-order chi connectivity index (χ0) is 17.1. The van der Waals surface area contributed by atoms with Crippen molar-refractivity contribution in [3.8, 4) is 11.5 Å². The molecule has 1 atom stereocenters. The highest BCUT2D eigenvalue weighted by atomic mass is 35.5. The number of ether oxygens (including phenoxy) is 2. The molecule has 2 aromatic carbocycles. The third kappa shape index (κ3) is 3.94. The zero-order valence-electron chi connectivity index (χ0n) is 13.1. The van der Waals surface area contributed by atoms with Crippen molar-refractivity contribution in [2.45, 2.75) is 19.4 Å². The fourth-order valence-corrected chi connectivity index (χ4v) is 2.86. The van der Waals surface area contributed by atoms with Crippen molar-refractivity contribution < 1.29 is 14.3 Å². The average Bonchev–Trinajstić information content (AvgIpc) is 2.57. The van der Waals surface area contributed by atoms with Gasteiger partial charge in [0.15, 0.2) is 11.5 Å². The highest BCUT2D eigenvalue weighted by Gasteiger charge is 2.16. The largest absolute Gasteiger partial charge is 0.486 e. The second-order valence-corrected chi connectivity index (χ2v) is 6.43. The number of carbonyl (C=O) groups is 1. The van der Waals surface area contributed by atoms with Crippen LogP contribution < -0.4 is 14.8 Å². The molecule has 0 aromatic heterocycles. The summed E-state index contributed by atoms with van der Waals surface area (Å²) in [5.41, 5.74) is 1.78. The number of hydrogen-bond donors (Lipinski definition) is 1. The van der Waals surface area contributed by atoms with Gasteiger partial charge >= 0.3 is 0 Å². The molecule has 0 saturated heterocycles. The Hall–Kier alpha value is -1.91. The number of rotatable bonds is 4. The van der Waals surface area contributed by atoms with Crippen molar-refractivity contribution in [2.24, 2.45) is 0 Å². The van der Waals surface area contributed by atoms with E-state index in [2.05, 4.69) is 5.32 Å². The number of nitrogens with one attached hydrogen (secondary N) is 1. The maximum Gasteiger partial charge on any atom is 0.224 e. The Balaban J connectivity index is 1.64. The van der Waals surface area contributed by atoms with Gasteiger partial charge in [-0.25, -0.2) is 0 Å². The van der Waals surface area contributed by atoms with E-state index in [0.717, 1.165) is 16.9 Å². The number of carbonyl (C=O) groups excluding carboxylic acids is 1. The second kappa shape index (κ2) is 7.32. The van der Waals surface area contributed by atoms with Crippen LogP contribution in [0.3, 0.4) is 0 Å². The minimum absolute atomic E-state index is 0.0872. The predicted molar refractivity (Wildman–Crippen MR) is 94.2 cm³/mol. The SMILES string of the molecule is CC(NC(=O)Cc1ccc(Cl)c(Cl)c1)c1ccc2c(c1)OCCO2. The Bertz CT molecular complexity index is 764. The van der Waals surface area contributed by atoms with E-state index < -0.39 is 0 Å². The molecule has 1 amide bonds. The molecule has 4 nitrogen and oxygen atoms in total. The summed E-state index contributed by atoms with van der Waals surface area (Å²) in [5, 5.41) is 3.90. The molecule has 0 aliphatic carbocycles. The molecule has 1 unspecified atom stereocenters. The van der Waals surface area contributed by atoms with E-state index in [0.29, 0.717) is 29.0 Å². The molecule has 0 saturated carbocycles. The molecule has 126 valence electrons. The maximum absolute atomic E-state index is 12.2. The lowest BCUT2D eigenvalue weighted by Gasteiger charge is -2.21. The summed E-state index contributed by atoms with van der Waals surface area (Å²) in [6.07, 6.45) is 0.242. The first-order valence-corrected chi connectivity index (χ1v) is 8.41. The maximum atomic E-state index is 12.2. The topological polar surface area (TPSA) is 47.6 Å². The molecule has 1 heterocycles. The van der Waals surface area contributed by atoms with Crippen molar-refractivity contribution in [1.82, 2.24) is 5.32 Å². The number of fused-ring (bicyclic) bond motifs is 1. The van der Waals surface area contributed by atoms with Gasteiger partial charge < -0.3 is 14.8 Å². The first kappa shape index (κ1) is 16.9. The minimum Gasteiger partial charge on any atom is -0.486 e. The van der Waals surface area contributed by atoms with Crippen LogP contribution in [0.25, 0.3) is 0 Å². The number of hydrogen-bond acceptors (Lipinski definition) is 3. The van der Waals surface area contributed by atoms with Crippen LogP contribution in [0.1, 0.15) is 24.1 Å². The Morgan fingerprint density at radius 1 is 1.08 bits per heavy atom. The van der Waals surface area contributed by atoms with Gasteiger partial charge in [0, 0.05) is 0 Å². The van der Waals surface area contributed by atoms with E-state index in [1.54, 1.807) is 18.2 Å². The third-order valence-corrected chi connectivity index (χ3v) is 4.53. The van der Waals surface area contributed by atoms with E-state index >= 15 is 0 Å². The Morgan fingerprint density at radius 2 is 1.83 bits per heavy atom. The number of benzene rings is 2. The monoisotopic (exact) mass is 365 g/mol. The molecule has 3 rings (SSSR count). The molecule has 0 radical (unpaired) electrons. The van der Waals surface area contributed by atoms with Gasteiger partial charge in [-0.15, -0.1) is 0 Å². The minimum atomic E-state index is -0.143. The van der Waals surface area contributed by atoms with Crippen LogP contribution in [0.4, 0.5) is 0 Å². The van der Waals surface area contributed by atoms with Crippen LogP contribution in [-0.2, 0) is 11.2 Å². The van der Waals surface area contributed by atoms with Crippen LogP contribution in [0.2, 0.25) is 10.0 Å². The predicted octanol–water partition coefficient (Wildman–Crippen LogP) is 4.18. The highest BCUT2D eigenvalue weighted by Crippen LogP contribution is 2.32. The normalized spacial score (nSPS) is 14.1. The summed E-state index contributed by atoms with van der Waals surface area (Å²) in [6.45, 7) is 3.02. The van der Waals surface area contributed by atoms with Crippen molar-refractivity contribution >= 4 is 29.1 Å². The van der Waals surface area contributed by atoms with Gasteiger partial charge in [0.2, 0.25) is 5.91 Å². The molecule has 24 heavy (non-hydrogen) atoms. The molecule has 1 aliphatic rings. The van der Waals surface area contributed by atoms with Gasteiger partial charge in [-0.2, -0.15) is 0 Å². The molecule has 0 bridgehead atoms. The van der Waals surface area contributed by atoms with E-state index in [1.807, 2.05) is 25.1 Å². The summed E-state index contributed by atoms with van der Waals surface area (Å²) in [7, 11) is 0. The highest BCUT2D eigenvalue weighted by molar-refractivity contribution is 6.42. The lowest BCUT2D eigenvalue weighted by molar-refractivity contribution is -0.121. The molecular formula is C18H17Cl2NO3. The van der Waals surface area contributed by atoms with Gasteiger partial charge in [-0.3, -0.25) is 4.79 Å². The van der Waals surface area contributed by atoms with Crippen LogP contribution in [-0.4, -0.2) is 19.1 Å². The first-order valence-electron chi connectivity index (χ1n) is 7.66. The van der Waals surface area contributed by atoms with Crippen LogP contribution in [0.15, 0.2) is 36.4 Å². The van der Waals surface area contributed by atoms with E-state index in [4.69, 9.17) is 32.7 Å².